The summed E-state index contributed by atoms with van der Waals surface area (Å²) in [5.74, 6) is 2.46. The van der Waals surface area contributed by atoms with Gasteiger partial charge < -0.3 is 10.6 Å². The average Bonchev–Trinajstić information content (AvgIpc) is 3.03. The van der Waals surface area contributed by atoms with E-state index in [0.29, 0.717) is 6.54 Å². The molecule has 2 amide bonds. The summed E-state index contributed by atoms with van der Waals surface area (Å²) in [7, 11) is 0. The lowest BCUT2D eigenvalue weighted by Gasteiger charge is -2.55. The van der Waals surface area contributed by atoms with Crippen LogP contribution in [0.3, 0.4) is 0 Å². The molecule has 0 spiro atoms. The van der Waals surface area contributed by atoms with E-state index < -0.39 is 0 Å². The fourth-order valence-corrected chi connectivity index (χ4v) is 8.13. The number of thiophene rings is 1. The van der Waals surface area contributed by atoms with E-state index >= 15 is 0 Å². The number of amides is 2. The van der Waals surface area contributed by atoms with Crippen LogP contribution < -0.4 is 10.6 Å². The topological polar surface area (TPSA) is 58.2 Å². The van der Waals surface area contributed by atoms with Crippen molar-refractivity contribution in [2.45, 2.75) is 77.6 Å². The Labute approximate surface area is 171 Å². The highest BCUT2D eigenvalue weighted by molar-refractivity contribution is 7.17. The molecule has 0 aromatic carbocycles. The van der Waals surface area contributed by atoms with Crippen LogP contribution in [-0.2, 0) is 17.6 Å². The van der Waals surface area contributed by atoms with E-state index in [1.165, 1.54) is 36.1 Å². The van der Waals surface area contributed by atoms with Crippen molar-refractivity contribution >= 4 is 28.2 Å². The molecule has 0 radical (unpaired) electrons. The van der Waals surface area contributed by atoms with Gasteiger partial charge in [0.25, 0.3) is 5.91 Å². The van der Waals surface area contributed by atoms with Crippen molar-refractivity contribution in [2.24, 2.45) is 23.2 Å². The first-order valence-corrected chi connectivity index (χ1v) is 12.1. The Morgan fingerprint density at radius 1 is 1.04 bits per heavy atom. The minimum atomic E-state index is -0.170. The van der Waals surface area contributed by atoms with Gasteiger partial charge in [0.2, 0.25) is 5.91 Å². The first-order chi connectivity index (χ1) is 13.6. The Balaban J connectivity index is 1.42. The molecule has 6 rings (SSSR count). The van der Waals surface area contributed by atoms with Gasteiger partial charge in [-0.25, -0.2) is 0 Å². The summed E-state index contributed by atoms with van der Waals surface area (Å²) < 4.78 is 0. The molecule has 5 aliphatic rings. The average molecular weight is 401 g/mol. The molecule has 5 aliphatic carbocycles. The third-order valence-corrected chi connectivity index (χ3v) is 8.89. The molecule has 4 fully saturated rings. The second-order valence-electron chi connectivity index (χ2n) is 9.82. The fourth-order valence-electron chi connectivity index (χ4n) is 6.85. The van der Waals surface area contributed by atoms with E-state index in [1.807, 2.05) is 0 Å². The molecule has 0 saturated heterocycles. The summed E-state index contributed by atoms with van der Waals surface area (Å²) in [6.07, 6.45) is 12.5. The van der Waals surface area contributed by atoms with Crippen LogP contribution in [0.4, 0.5) is 5.00 Å². The lowest BCUT2D eigenvalue weighted by atomic mass is 9.49. The number of hydrogen-bond donors (Lipinski definition) is 2. The molecular formula is C23H32N2O2S. The van der Waals surface area contributed by atoms with Crippen molar-refractivity contribution in [3.63, 3.8) is 0 Å². The molecule has 4 bridgehead atoms. The largest absolute Gasteiger partial charge is 0.352 e. The van der Waals surface area contributed by atoms with E-state index in [4.69, 9.17) is 0 Å². The molecule has 2 N–H and O–H groups in total. The number of rotatable bonds is 5. The molecule has 5 heteroatoms. The highest BCUT2D eigenvalue weighted by atomic mass is 32.1. The van der Waals surface area contributed by atoms with Gasteiger partial charge in [-0.15, -0.1) is 11.3 Å². The summed E-state index contributed by atoms with van der Waals surface area (Å²) in [6, 6.07) is 0. The van der Waals surface area contributed by atoms with Gasteiger partial charge in [-0.1, -0.05) is 6.92 Å². The van der Waals surface area contributed by atoms with Crippen molar-refractivity contribution in [3.05, 3.63) is 16.0 Å². The zero-order valence-electron chi connectivity index (χ0n) is 16.9. The van der Waals surface area contributed by atoms with Crippen LogP contribution in [0.25, 0.3) is 0 Å². The van der Waals surface area contributed by atoms with Crippen LogP contribution in [0.2, 0.25) is 0 Å². The summed E-state index contributed by atoms with van der Waals surface area (Å²) in [5.41, 5.74) is 1.80. The first-order valence-electron chi connectivity index (χ1n) is 11.3. The summed E-state index contributed by atoms with van der Waals surface area (Å²) >= 11 is 1.66. The van der Waals surface area contributed by atoms with Crippen LogP contribution in [0, 0.1) is 23.2 Å². The summed E-state index contributed by atoms with van der Waals surface area (Å²) in [5, 5.41) is 7.17. The fraction of sp³-hybridized carbons (Fsp3) is 0.739. The van der Waals surface area contributed by atoms with Crippen molar-refractivity contribution < 1.29 is 9.59 Å². The molecule has 152 valence electrons. The molecule has 1 heterocycles. The van der Waals surface area contributed by atoms with E-state index in [9.17, 15) is 9.59 Å². The predicted molar refractivity (Wildman–Crippen MR) is 113 cm³/mol. The molecule has 0 unspecified atom stereocenters. The number of carbonyl (C=O) groups is 2. The Morgan fingerprint density at radius 2 is 1.68 bits per heavy atom. The van der Waals surface area contributed by atoms with Gasteiger partial charge in [-0.3, -0.25) is 9.59 Å². The second-order valence-corrected chi connectivity index (χ2v) is 10.9. The first kappa shape index (κ1) is 18.7. The molecule has 0 aliphatic heterocycles. The number of hydrogen-bond acceptors (Lipinski definition) is 3. The van der Waals surface area contributed by atoms with Crippen molar-refractivity contribution in [2.75, 3.05) is 11.9 Å². The highest BCUT2D eigenvalue weighted by Crippen LogP contribution is 2.60. The molecular weight excluding hydrogens is 368 g/mol. The van der Waals surface area contributed by atoms with Crippen LogP contribution in [-0.4, -0.2) is 18.4 Å². The highest BCUT2D eigenvalue weighted by Gasteiger charge is 2.54. The smallest absolute Gasteiger partial charge is 0.254 e. The molecule has 4 nitrogen and oxygen atoms in total. The number of nitrogens with one attached hydrogen (secondary N) is 2. The normalized spacial score (nSPS) is 32.8. The van der Waals surface area contributed by atoms with Crippen LogP contribution >= 0.6 is 11.3 Å². The zero-order valence-corrected chi connectivity index (χ0v) is 17.8. The van der Waals surface area contributed by atoms with Crippen LogP contribution in [0.5, 0.6) is 0 Å². The Kier molecular flexibility index (Phi) is 4.77. The summed E-state index contributed by atoms with van der Waals surface area (Å²) in [4.78, 5) is 27.8. The van der Waals surface area contributed by atoms with Crippen molar-refractivity contribution in [1.29, 1.82) is 0 Å². The minimum absolute atomic E-state index is 0.00191. The second kappa shape index (κ2) is 7.16. The van der Waals surface area contributed by atoms with Gasteiger partial charge in [-0.2, -0.15) is 0 Å². The quantitative estimate of drug-likeness (QED) is 0.737. The van der Waals surface area contributed by atoms with Gasteiger partial charge >= 0.3 is 0 Å². The van der Waals surface area contributed by atoms with Gasteiger partial charge in [0.15, 0.2) is 0 Å². The van der Waals surface area contributed by atoms with E-state index in [2.05, 4.69) is 17.6 Å². The number of carbonyl (C=O) groups excluding carboxylic acids is 2. The van der Waals surface area contributed by atoms with Gasteiger partial charge in [0.05, 0.1) is 11.0 Å². The Hall–Kier alpha value is -1.36. The number of fused-ring (bicyclic) bond motifs is 1. The lowest BCUT2D eigenvalue weighted by molar-refractivity contribution is -0.140. The molecule has 1 aromatic heterocycles. The van der Waals surface area contributed by atoms with E-state index in [0.717, 1.165) is 73.3 Å². The van der Waals surface area contributed by atoms with Crippen LogP contribution in [0.1, 0.15) is 85.5 Å². The predicted octanol–water partition coefficient (Wildman–Crippen LogP) is 4.92. The Bertz CT molecular complexity index is 761. The maximum atomic E-state index is 13.5. The Morgan fingerprint density at radius 3 is 2.32 bits per heavy atom. The maximum Gasteiger partial charge on any atom is 0.254 e. The standard InChI is InChI=1S/C23H32N2O2S/c1-2-7-24-20(26)19-17-5-3-4-6-18(17)28-21(19)25-22(27)23-11-14-8-15(12-23)10-16(9-14)13-23/h14-16H,2-13H2,1H3,(H,24,26)(H,25,27). The zero-order chi connectivity index (χ0) is 19.3. The third-order valence-electron chi connectivity index (χ3n) is 7.68. The van der Waals surface area contributed by atoms with Crippen LogP contribution in [0.15, 0.2) is 0 Å². The number of anilines is 1. The van der Waals surface area contributed by atoms with Crippen molar-refractivity contribution in [3.8, 4) is 0 Å². The summed E-state index contributed by atoms with van der Waals surface area (Å²) in [6.45, 7) is 2.75. The van der Waals surface area contributed by atoms with Gasteiger partial charge in [0.1, 0.15) is 5.00 Å². The number of aryl methyl sites for hydroxylation is 1. The van der Waals surface area contributed by atoms with Gasteiger partial charge in [-0.05, 0) is 93.9 Å². The minimum Gasteiger partial charge on any atom is -0.352 e. The lowest BCUT2D eigenvalue weighted by Crippen LogP contribution is -2.51. The molecule has 0 atom stereocenters. The molecule has 28 heavy (non-hydrogen) atoms. The van der Waals surface area contributed by atoms with E-state index in [1.54, 1.807) is 11.3 Å². The maximum absolute atomic E-state index is 13.5. The third kappa shape index (κ3) is 3.10. The molecule has 1 aromatic rings. The van der Waals surface area contributed by atoms with E-state index in [-0.39, 0.29) is 17.2 Å². The monoisotopic (exact) mass is 400 g/mol. The van der Waals surface area contributed by atoms with Gasteiger partial charge in [0, 0.05) is 11.4 Å². The van der Waals surface area contributed by atoms with Crippen molar-refractivity contribution in [1.82, 2.24) is 5.32 Å². The SMILES string of the molecule is CCCNC(=O)c1c(NC(=O)C23CC4CC(CC(C4)C2)C3)sc2c1CCCC2. The molecule has 4 saturated carbocycles.